The van der Waals surface area contributed by atoms with Gasteiger partial charge in [-0.3, -0.25) is 4.90 Å². The fraction of sp³-hybridized carbons (Fsp3) is 0.800. The summed E-state index contributed by atoms with van der Waals surface area (Å²) in [7, 11) is 1.77. The number of ether oxygens (including phenoxy) is 2. The normalized spacial score (nSPS) is 30.6. The lowest BCUT2D eigenvalue weighted by atomic mass is 9.92. The highest BCUT2D eigenvalue weighted by atomic mass is 16.5. The molecule has 112 valence electrons. The molecule has 0 aliphatic carbocycles. The third kappa shape index (κ3) is 2.90. The molecule has 2 saturated heterocycles. The zero-order chi connectivity index (χ0) is 14.0. The number of H-pyrrole nitrogens is 1. The lowest BCUT2D eigenvalue weighted by Gasteiger charge is -2.23. The van der Waals surface area contributed by atoms with Crippen LogP contribution in [0.3, 0.4) is 0 Å². The molecule has 1 spiro atoms. The summed E-state index contributed by atoms with van der Waals surface area (Å²) >= 11 is 0. The predicted octanol–water partition coefficient (Wildman–Crippen LogP) is 1.74. The van der Waals surface area contributed by atoms with E-state index in [0.717, 1.165) is 51.4 Å². The maximum absolute atomic E-state index is 6.17. The molecule has 1 aromatic heterocycles. The number of methoxy groups -OCH3 is 1. The summed E-state index contributed by atoms with van der Waals surface area (Å²) in [5.74, 6) is 0.669. The van der Waals surface area contributed by atoms with Crippen LogP contribution in [-0.4, -0.2) is 53.9 Å². The van der Waals surface area contributed by atoms with Crippen LogP contribution in [0.25, 0.3) is 0 Å². The number of nitrogens with zero attached hydrogens (tertiary/aromatic N) is 2. The van der Waals surface area contributed by atoms with Gasteiger partial charge in [-0.25, -0.2) is 4.98 Å². The van der Waals surface area contributed by atoms with Gasteiger partial charge in [-0.05, 0) is 32.1 Å². The number of imidazole rings is 1. The summed E-state index contributed by atoms with van der Waals surface area (Å²) in [6, 6.07) is 0. The van der Waals surface area contributed by atoms with Gasteiger partial charge in [0.15, 0.2) is 0 Å². The van der Waals surface area contributed by atoms with E-state index in [-0.39, 0.29) is 5.60 Å². The molecule has 5 nitrogen and oxygen atoms in total. The van der Waals surface area contributed by atoms with E-state index in [9.17, 15) is 0 Å². The quantitative estimate of drug-likeness (QED) is 0.892. The van der Waals surface area contributed by atoms with Crippen molar-refractivity contribution in [2.75, 3.05) is 33.4 Å². The highest BCUT2D eigenvalue weighted by molar-refractivity contribution is 5.09. The number of aryl methyl sites for hydroxylation is 1. The van der Waals surface area contributed by atoms with E-state index in [4.69, 9.17) is 9.47 Å². The summed E-state index contributed by atoms with van der Waals surface area (Å²) in [6.45, 7) is 6.93. The predicted molar refractivity (Wildman–Crippen MR) is 76.5 cm³/mol. The molecule has 3 heterocycles. The Balaban J connectivity index is 1.53. The number of aromatic nitrogens is 2. The summed E-state index contributed by atoms with van der Waals surface area (Å²) in [6.07, 6.45) is 5.24. The van der Waals surface area contributed by atoms with E-state index < -0.39 is 0 Å². The van der Waals surface area contributed by atoms with Crippen LogP contribution in [0.1, 0.15) is 30.7 Å². The van der Waals surface area contributed by atoms with Crippen molar-refractivity contribution < 1.29 is 9.47 Å². The van der Waals surface area contributed by atoms with Gasteiger partial charge in [0, 0.05) is 39.0 Å². The van der Waals surface area contributed by atoms with Gasteiger partial charge in [-0.15, -0.1) is 0 Å². The first-order chi connectivity index (χ1) is 9.71. The molecule has 5 heteroatoms. The Hall–Kier alpha value is -0.910. The fourth-order valence-electron chi connectivity index (χ4n) is 3.51. The molecule has 2 atom stereocenters. The first-order valence-corrected chi connectivity index (χ1v) is 7.55. The molecule has 0 unspecified atom stereocenters. The van der Waals surface area contributed by atoms with Crippen LogP contribution in [0.15, 0.2) is 6.33 Å². The Morgan fingerprint density at radius 2 is 2.50 bits per heavy atom. The average molecular weight is 279 g/mol. The molecule has 20 heavy (non-hydrogen) atoms. The second kappa shape index (κ2) is 5.84. The summed E-state index contributed by atoms with van der Waals surface area (Å²) in [4.78, 5) is 10.0. The van der Waals surface area contributed by atoms with Gasteiger partial charge in [-0.1, -0.05) is 0 Å². The minimum atomic E-state index is 0.0998. The molecule has 2 aliphatic heterocycles. The third-order valence-corrected chi connectivity index (χ3v) is 4.72. The van der Waals surface area contributed by atoms with Gasteiger partial charge < -0.3 is 14.5 Å². The largest absolute Gasteiger partial charge is 0.385 e. The average Bonchev–Trinajstić information content (AvgIpc) is 3.13. The fourth-order valence-corrected chi connectivity index (χ4v) is 3.51. The minimum Gasteiger partial charge on any atom is -0.385 e. The molecule has 0 amide bonds. The number of hydrogen-bond donors (Lipinski definition) is 1. The number of hydrogen-bond acceptors (Lipinski definition) is 4. The molecule has 0 aromatic carbocycles. The molecular weight excluding hydrogens is 254 g/mol. The molecule has 2 fully saturated rings. The Kier molecular flexibility index (Phi) is 4.10. The van der Waals surface area contributed by atoms with Gasteiger partial charge in [-0.2, -0.15) is 0 Å². The van der Waals surface area contributed by atoms with Gasteiger partial charge in [0.1, 0.15) is 0 Å². The Morgan fingerprint density at radius 1 is 1.60 bits per heavy atom. The van der Waals surface area contributed by atoms with Crippen molar-refractivity contribution in [2.24, 2.45) is 5.92 Å². The summed E-state index contributed by atoms with van der Waals surface area (Å²) < 4.78 is 11.3. The van der Waals surface area contributed by atoms with E-state index in [1.165, 1.54) is 12.1 Å². The number of nitrogens with one attached hydrogen (secondary N) is 1. The SMILES string of the molecule is COCC[C@@H]1CO[C@]2(CCN(Cc3nc[nH]c3C)C2)C1. The van der Waals surface area contributed by atoms with Crippen molar-refractivity contribution in [2.45, 2.75) is 38.3 Å². The molecule has 1 N–H and O–H groups in total. The van der Waals surface area contributed by atoms with E-state index in [1.807, 2.05) is 0 Å². The Bertz CT molecular complexity index is 448. The van der Waals surface area contributed by atoms with E-state index in [1.54, 1.807) is 13.4 Å². The molecule has 1 aromatic rings. The first-order valence-electron chi connectivity index (χ1n) is 7.55. The molecular formula is C15H25N3O2. The van der Waals surface area contributed by atoms with Crippen molar-refractivity contribution in [3.8, 4) is 0 Å². The van der Waals surface area contributed by atoms with Crippen LogP contribution in [0.2, 0.25) is 0 Å². The summed E-state index contributed by atoms with van der Waals surface area (Å²) in [5.41, 5.74) is 2.44. The van der Waals surface area contributed by atoms with Crippen LogP contribution < -0.4 is 0 Å². The second-order valence-corrected chi connectivity index (χ2v) is 6.28. The topological polar surface area (TPSA) is 50.4 Å². The van der Waals surface area contributed by atoms with Gasteiger partial charge in [0.25, 0.3) is 0 Å². The highest BCUT2D eigenvalue weighted by Crippen LogP contribution is 2.39. The minimum absolute atomic E-state index is 0.0998. The van der Waals surface area contributed by atoms with Gasteiger partial charge in [0.05, 0.1) is 24.2 Å². The van der Waals surface area contributed by atoms with Crippen LogP contribution in [0, 0.1) is 12.8 Å². The Labute approximate surface area is 120 Å². The standard InChI is InChI=1S/C15H25N3O2/c1-12-14(17-11-16-12)8-18-5-4-15(10-18)7-13(9-20-15)3-6-19-2/h11,13H,3-10H2,1-2H3,(H,16,17)/t13-,15+/m0/s1. The van der Waals surface area contributed by atoms with Crippen molar-refractivity contribution in [3.63, 3.8) is 0 Å². The highest BCUT2D eigenvalue weighted by Gasteiger charge is 2.45. The maximum Gasteiger partial charge on any atom is 0.0925 e. The zero-order valence-electron chi connectivity index (χ0n) is 12.5. The smallest absolute Gasteiger partial charge is 0.0925 e. The molecule has 2 aliphatic rings. The van der Waals surface area contributed by atoms with E-state index in [0.29, 0.717) is 5.92 Å². The molecule has 0 radical (unpaired) electrons. The number of aromatic amines is 1. The number of likely N-dealkylation sites (tertiary alicyclic amines) is 1. The van der Waals surface area contributed by atoms with E-state index in [2.05, 4.69) is 21.8 Å². The molecule has 0 saturated carbocycles. The van der Waals surface area contributed by atoms with E-state index >= 15 is 0 Å². The zero-order valence-corrected chi connectivity index (χ0v) is 12.5. The second-order valence-electron chi connectivity index (χ2n) is 6.28. The first kappa shape index (κ1) is 14.0. The lowest BCUT2D eigenvalue weighted by molar-refractivity contribution is 0.0107. The van der Waals surface area contributed by atoms with Gasteiger partial charge in [0.2, 0.25) is 0 Å². The number of rotatable bonds is 5. The van der Waals surface area contributed by atoms with Crippen LogP contribution in [0.4, 0.5) is 0 Å². The van der Waals surface area contributed by atoms with Crippen LogP contribution in [0.5, 0.6) is 0 Å². The molecule has 0 bridgehead atoms. The lowest BCUT2D eigenvalue weighted by Crippen LogP contribution is -2.32. The van der Waals surface area contributed by atoms with Crippen molar-refractivity contribution in [3.05, 3.63) is 17.7 Å². The van der Waals surface area contributed by atoms with Crippen LogP contribution in [-0.2, 0) is 16.0 Å². The van der Waals surface area contributed by atoms with Crippen molar-refractivity contribution in [1.29, 1.82) is 0 Å². The Morgan fingerprint density at radius 3 is 3.25 bits per heavy atom. The molecule has 3 rings (SSSR count). The van der Waals surface area contributed by atoms with Crippen molar-refractivity contribution in [1.82, 2.24) is 14.9 Å². The maximum atomic E-state index is 6.17. The van der Waals surface area contributed by atoms with Crippen molar-refractivity contribution >= 4 is 0 Å². The van der Waals surface area contributed by atoms with Crippen LogP contribution >= 0.6 is 0 Å². The third-order valence-electron chi connectivity index (χ3n) is 4.72. The summed E-state index contributed by atoms with van der Waals surface area (Å²) in [5, 5.41) is 0. The monoisotopic (exact) mass is 279 g/mol. The van der Waals surface area contributed by atoms with Gasteiger partial charge >= 0.3 is 0 Å².